The summed E-state index contributed by atoms with van der Waals surface area (Å²) in [7, 11) is -3.86. The molecular weight excluding hydrogens is 579 g/mol. The second kappa shape index (κ2) is 10.8. The normalized spacial score (nSPS) is 19.9. The summed E-state index contributed by atoms with van der Waals surface area (Å²) in [6.45, 7) is -0.0693. The van der Waals surface area contributed by atoms with Crippen LogP contribution in [0.2, 0.25) is 5.02 Å². The molecule has 2 aliphatic carbocycles. The zero-order chi connectivity index (χ0) is 28.9. The number of halogens is 6. The quantitative estimate of drug-likeness (QED) is 0.356. The van der Waals surface area contributed by atoms with Crippen LogP contribution in [0.3, 0.4) is 0 Å². The smallest absolute Gasteiger partial charge is 0.416 e. The van der Waals surface area contributed by atoms with E-state index in [9.17, 15) is 30.8 Å². The monoisotopic (exact) mass is 606 g/mol. The number of benzene rings is 2. The molecular formula is C27H28ClF5N2O4S. The number of ether oxygens (including phenoxy) is 1. The summed E-state index contributed by atoms with van der Waals surface area (Å²) < 4.78 is 103. The first-order chi connectivity index (χ1) is 18.7. The van der Waals surface area contributed by atoms with Gasteiger partial charge in [-0.15, -0.1) is 0 Å². The van der Waals surface area contributed by atoms with E-state index in [0.29, 0.717) is 18.4 Å². The molecule has 1 amide bonds. The molecule has 0 aromatic heterocycles. The summed E-state index contributed by atoms with van der Waals surface area (Å²) >= 11 is 5.91. The number of alkyl halides is 4. The molecule has 2 saturated carbocycles. The van der Waals surface area contributed by atoms with E-state index in [2.05, 4.69) is 0 Å². The molecule has 5 rings (SSSR count). The van der Waals surface area contributed by atoms with Gasteiger partial charge in [0.2, 0.25) is 10.0 Å². The number of nitrogens with one attached hydrogen (secondary N) is 1. The zero-order valence-corrected chi connectivity index (χ0v) is 22.9. The third-order valence-electron chi connectivity index (χ3n) is 7.56. The highest BCUT2D eigenvalue weighted by atomic mass is 35.5. The van der Waals surface area contributed by atoms with Gasteiger partial charge < -0.3 is 4.74 Å². The number of amides is 1. The van der Waals surface area contributed by atoms with Gasteiger partial charge in [0.25, 0.3) is 5.91 Å². The topological polar surface area (TPSA) is 75.7 Å². The first kappa shape index (κ1) is 29.1. The Hall–Kier alpha value is -2.44. The van der Waals surface area contributed by atoms with Gasteiger partial charge in [0, 0.05) is 30.7 Å². The number of hydrogen-bond acceptors (Lipinski definition) is 5. The molecule has 0 spiro atoms. The first-order valence-corrected chi connectivity index (χ1v) is 15.0. The van der Waals surface area contributed by atoms with Crippen LogP contribution in [0.15, 0.2) is 30.3 Å². The summed E-state index contributed by atoms with van der Waals surface area (Å²) in [4.78, 5) is 14.2. The number of carbonyl (C=O) groups excluding carboxylic acids is 1. The molecule has 6 nitrogen and oxygen atoms in total. The van der Waals surface area contributed by atoms with Crippen molar-refractivity contribution >= 4 is 27.5 Å². The number of carbonyl (C=O) groups is 1. The summed E-state index contributed by atoms with van der Waals surface area (Å²) in [5, 5.41) is -0.464. The molecule has 13 heteroatoms. The molecule has 218 valence electrons. The Balaban J connectivity index is 1.23. The predicted molar refractivity (Wildman–Crippen MR) is 138 cm³/mol. The van der Waals surface area contributed by atoms with E-state index in [1.165, 1.54) is 18.2 Å². The van der Waals surface area contributed by atoms with E-state index in [4.69, 9.17) is 16.3 Å². The van der Waals surface area contributed by atoms with Crippen molar-refractivity contribution < 1.29 is 39.9 Å². The minimum absolute atomic E-state index is 0.00429. The van der Waals surface area contributed by atoms with E-state index in [-0.39, 0.29) is 54.7 Å². The average molecular weight is 607 g/mol. The molecule has 1 N–H and O–H groups in total. The van der Waals surface area contributed by atoms with Crippen LogP contribution in [0, 0.1) is 5.82 Å². The Labute approximate surface area is 233 Å². The lowest BCUT2D eigenvalue weighted by Gasteiger charge is -2.36. The third kappa shape index (κ3) is 6.71. The minimum Gasteiger partial charge on any atom is -0.490 e. The largest absolute Gasteiger partial charge is 0.490 e. The van der Waals surface area contributed by atoms with Crippen molar-refractivity contribution in [1.29, 1.82) is 0 Å². The molecule has 1 heterocycles. The zero-order valence-electron chi connectivity index (χ0n) is 21.4. The lowest BCUT2D eigenvalue weighted by Crippen LogP contribution is -2.44. The van der Waals surface area contributed by atoms with Gasteiger partial charge in [-0.1, -0.05) is 11.6 Å². The van der Waals surface area contributed by atoms with Crippen LogP contribution in [0.4, 0.5) is 22.0 Å². The molecule has 3 aliphatic rings. The van der Waals surface area contributed by atoms with Crippen molar-refractivity contribution in [2.45, 2.75) is 68.1 Å². The standard InChI is InChI=1S/C27H28ClF5N2O4S/c28-18-3-6-22(27(31,32)33)17(11-18)14-35-9-7-26(30,8-10-35)15-39-24-13-23(29)21(12-20(24)16-1-2-16)25(36)34-40(37,38)19-4-5-19/h3,6,11-13,16,19H,1-2,4-5,7-10,14-15H2,(H,34,36). The molecule has 0 bridgehead atoms. The van der Waals surface area contributed by atoms with Crippen molar-refractivity contribution in [2.75, 3.05) is 19.7 Å². The highest BCUT2D eigenvalue weighted by molar-refractivity contribution is 7.91. The Bertz CT molecular complexity index is 1400. The second-order valence-electron chi connectivity index (χ2n) is 10.8. The Morgan fingerprint density at radius 2 is 1.77 bits per heavy atom. The van der Waals surface area contributed by atoms with Gasteiger partial charge in [-0.3, -0.25) is 9.69 Å². The summed E-state index contributed by atoms with van der Waals surface area (Å²) in [5.74, 6) is -1.96. The number of hydrogen-bond donors (Lipinski definition) is 1. The molecule has 40 heavy (non-hydrogen) atoms. The highest BCUT2D eigenvalue weighted by Crippen LogP contribution is 2.45. The van der Waals surface area contributed by atoms with Gasteiger partial charge in [-0.05, 0) is 79.8 Å². The fraction of sp³-hybridized carbons (Fsp3) is 0.519. The van der Waals surface area contributed by atoms with Crippen molar-refractivity contribution in [2.24, 2.45) is 0 Å². The van der Waals surface area contributed by atoms with Gasteiger partial charge >= 0.3 is 6.18 Å². The molecule has 3 fully saturated rings. The first-order valence-electron chi connectivity index (χ1n) is 13.0. The Morgan fingerprint density at radius 3 is 2.38 bits per heavy atom. The molecule has 1 aliphatic heterocycles. The van der Waals surface area contributed by atoms with Gasteiger partial charge in [0.05, 0.1) is 16.4 Å². The SMILES string of the molecule is O=C(NS(=O)(=O)C1CC1)c1cc(C2CC2)c(OCC2(F)CCN(Cc3cc(Cl)ccc3C(F)(F)F)CC2)cc1F. The minimum atomic E-state index is -4.54. The van der Waals surface area contributed by atoms with Gasteiger partial charge in [0.1, 0.15) is 23.8 Å². The van der Waals surface area contributed by atoms with Crippen LogP contribution in [0.5, 0.6) is 5.75 Å². The molecule has 2 aromatic carbocycles. The lowest BCUT2D eigenvalue weighted by atomic mass is 9.93. The number of piperidine rings is 1. The van der Waals surface area contributed by atoms with Gasteiger partial charge in [0.15, 0.2) is 0 Å². The van der Waals surface area contributed by atoms with Crippen LogP contribution in [-0.2, 0) is 22.7 Å². The van der Waals surface area contributed by atoms with E-state index < -0.39 is 56.6 Å². The van der Waals surface area contributed by atoms with Crippen LogP contribution in [0.1, 0.15) is 71.5 Å². The molecule has 0 atom stereocenters. The predicted octanol–water partition coefficient (Wildman–Crippen LogP) is 5.98. The van der Waals surface area contributed by atoms with Crippen molar-refractivity contribution in [1.82, 2.24) is 9.62 Å². The van der Waals surface area contributed by atoms with Gasteiger partial charge in [-0.25, -0.2) is 21.9 Å². The second-order valence-corrected chi connectivity index (χ2v) is 13.2. The van der Waals surface area contributed by atoms with Gasteiger partial charge in [-0.2, -0.15) is 13.2 Å². The summed E-state index contributed by atoms with van der Waals surface area (Å²) in [5.41, 5.74) is -2.46. The van der Waals surface area contributed by atoms with Crippen LogP contribution >= 0.6 is 11.6 Å². The van der Waals surface area contributed by atoms with Crippen molar-refractivity contribution in [3.8, 4) is 5.75 Å². The fourth-order valence-corrected chi connectivity index (χ4v) is 6.39. The average Bonchev–Trinajstić information content (AvgIpc) is 3.76. The number of sulfonamides is 1. The Kier molecular flexibility index (Phi) is 7.82. The maximum absolute atomic E-state index is 15.6. The van der Waals surface area contributed by atoms with Crippen LogP contribution in [-0.4, -0.2) is 49.8 Å². The molecule has 1 saturated heterocycles. The maximum atomic E-state index is 15.6. The van der Waals surface area contributed by atoms with E-state index >= 15 is 4.39 Å². The van der Waals surface area contributed by atoms with Crippen LogP contribution < -0.4 is 9.46 Å². The summed E-state index contributed by atoms with van der Waals surface area (Å²) in [6.07, 6.45) is -2.12. The van der Waals surface area contributed by atoms with E-state index in [1.807, 2.05) is 4.72 Å². The van der Waals surface area contributed by atoms with Crippen LogP contribution in [0.25, 0.3) is 0 Å². The highest BCUT2D eigenvalue weighted by Gasteiger charge is 2.40. The molecule has 0 unspecified atom stereocenters. The van der Waals surface area contributed by atoms with Crippen molar-refractivity contribution in [3.63, 3.8) is 0 Å². The van der Waals surface area contributed by atoms with Crippen molar-refractivity contribution in [3.05, 3.63) is 63.4 Å². The summed E-state index contributed by atoms with van der Waals surface area (Å²) in [6, 6.07) is 5.65. The number of likely N-dealkylation sites (tertiary alicyclic amines) is 1. The van der Waals surface area contributed by atoms with E-state index in [0.717, 1.165) is 25.0 Å². The molecule has 0 radical (unpaired) electrons. The van der Waals surface area contributed by atoms with E-state index in [1.54, 1.807) is 4.90 Å². The number of rotatable bonds is 9. The molecule has 2 aromatic rings. The fourth-order valence-electron chi connectivity index (χ4n) is 4.90. The Morgan fingerprint density at radius 1 is 1.10 bits per heavy atom. The lowest BCUT2D eigenvalue weighted by molar-refractivity contribution is -0.138. The number of nitrogens with zero attached hydrogens (tertiary/aromatic N) is 1. The maximum Gasteiger partial charge on any atom is 0.416 e. The third-order valence-corrected chi connectivity index (χ3v) is 9.62.